The molecule has 0 aliphatic heterocycles. The predicted octanol–water partition coefficient (Wildman–Crippen LogP) is 3.37. The monoisotopic (exact) mass is 382 g/mol. The van der Waals surface area contributed by atoms with Gasteiger partial charge < -0.3 is 10.3 Å². The highest BCUT2D eigenvalue weighted by molar-refractivity contribution is 14.1. The number of anilines is 1. The number of fused-ring (bicyclic) bond motifs is 1. The summed E-state index contributed by atoms with van der Waals surface area (Å²) in [6.07, 6.45) is 3.45. The van der Waals surface area contributed by atoms with Crippen molar-refractivity contribution in [3.05, 3.63) is 51.6 Å². The van der Waals surface area contributed by atoms with Gasteiger partial charge in [0.2, 0.25) is 5.95 Å². The number of benzene rings is 1. The highest BCUT2D eigenvalue weighted by Crippen LogP contribution is 2.29. The van der Waals surface area contributed by atoms with E-state index in [0.29, 0.717) is 20.6 Å². The average Bonchev–Trinajstić information content (AvgIpc) is 2.75. The molecule has 0 saturated heterocycles. The Hall–Kier alpha value is -1.70. The highest BCUT2D eigenvalue weighted by atomic mass is 127. The van der Waals surface area contributed by atoms with Crippen LogP contribution in [-0.4, -0.2) is 14.5 Å². The third-order valence-corrected chi connectivity index (χ3v) is 4.16. The second kappa shape index (κ2) is 5.01. The first-order valence-electron chi connectivity index (χ1n) is 6.10. The first-order chi connectivity index (χ1) is 9.58. The van der Waals surface area contributed by atoms with E-state index in [9.17, 15) is 4.39 Å². The summed E-state index contributed by atoms with van der Waals surface area (Å²) in [6, 6.07) is 6.98. The van der Waals surface area contributed by atoms with Crippen LogP contribution < -0.4 is 5.73 Å². The van der Waals surface area contributed by atoms with Gasteiger partial charge in [0.25, 0.3) is 0 Å². The van der Waals surface area contributed by atoms with E-state index in [1.54, 1.807) is 18.5 Å². The zero-order valence-corrected chi connectivity index (χ0v) is 12.9. The van der Waals surface area contributed by atoms with Crippen LogP contribution >= 0.6 is 22.6 Å². The van der Waals surface area contributed by atoms with Crippen LogP contribution in [0, 0.1) is 9.39 Å². The van der Waals surface area contributed by atoms with Crippen LogP contribution in [0.25, 0.3) is 11.0 Å². The number of halogens is 2. The Balaban J connectivity index is 2.21. The van der Waals surface area contributed by atoms with Crippen LogP contribution in [0.1, 0.15) is 18.5 Å². The minimum atomic E-state index is -0.263. The van der Waals surface area contributed by atoms with E-state index in [2.05, 4.69) is 9.97 Å². The van der Waals surface area contributed by atoms with Crippen LogP contribution in [0.2, 0.25) is 0 Å². The van der Waals surface area contributed by atoms with Crippen molar-refractivity contribution in [3.63, 3.8) is 0 Å². The molecule has 3 rings (SSSR count). The molecule has 0 radical (unpaired) electrons. The second-order valence-electron chi connectivity index (χ2n) is 4.55. The molecule has 0 fully saturated rings. The van der Waals surface area contributed by atoms with Crippen LogP contribution in [-0.2, 0) is 0 Å². The maximum Gasteiger partial charge on any atom is 0.201 e. The molecule has 0 aliphatic carbocycles. The quantitative estimate of drug-likeness (QED) is 0.692. The maximum absolute atomic E-state index is 13.8. The molecule has 1 atom stereocenters. The Morgan fingerprint density at radius 1 is 1.30 bits per heavy atom. The fourth-order valence-electron chi connectivity index (χ4n) is 2.31. The van der Waals surface area contributed by atoms with Gasteiger partial charge in [-0.15, -0.1) is 0 Å². The van der Waals surface area contributed by atoms with Gasteiger partial charge >= 0.3 is 0 Å². The topological polar surface area (TPSA) is 56.7 Å². The molecular weight excluding hydrogens is 370 g/mol. The zero-order chi connectivity index (χ0) is 14.3. The summed E-state index contributed by atoms with van der Waals surface area (Å²) in [5, 5.41) is 0. The normalized spacial score (nSPS) is 12.8. The summed E-state index contributed by atoms with van der Waals surface area (Å²) >= 11 is 1.95. The summed E-state index contributed by atoms with van der Waals surface area (Å²) < 4.78 is 16.2. The number of aromatic nitrogens is 3. The molecule has 2 N–H and O–H groups in total. The lowest BCUT2D eigenvalue weighted by atomic mass is 10.1. The van der Waals surface area contributed by atoms with Gasteiger partial charge in [0.15, 0.2) is 0 Å². The molecule has 2 aromatic heterocycles. The van der Waals surface area contributed by atoms with Crippen molar-refractivity contribution < 1.29 is 4.39 Å². The van der Waals surface area contributed by atoms with E-state index < -0.39 is 0 Å². The lowest BCUT2D eigenvalue weighted by Crippen LogP contribution is -2.10. The molecular formula is C14H12FIN4. The van der Waals surface area contributed by atoms with E-state index in [4.69, 9.17) is 5.73 Å². The van der Waals surface area contributed by atoms with Crippen molar-refractivity contribution in [2.45, 2.75) is 13.0 Å². The summed E-state index contributed by atoms with van der Waals surface area (Å²) in [5.41, 5.74) is 8.45. The minimum Gasteiger partial charge on any atom is -0.369 e. The maximum atomic E-state index is 13.8. The van der Waals surface area contributed by atoms with Gasteiger partial charge in [0, 0.05) is 18.5 Å². The van der Waals surface area contributed by atoms with Crippen LogP contribution in [0.15, 0.2) is 36.7 Å². The van der Waals surface area contributed by atoms with Crippen molar-refractivity contribution >= 4 is 39.6 Å². The number of nitrogens with two attached hydrogens (primary N) is 1. The molecule has 0 amide bonds. The number of hydrogen-bond acceptors (Lipinski definition) is 3. The number of nitrogens with zero attached hydrogens (tertiary/aromatic N) is 3. The third kappa shape index (κ3) is 2.13. The molecule has 20 heavy (non-hydrogen) atoms. The molecule has 6 heteroatoms. The van der Waals surface area contributed by atoms with Gasteiger partial charge in [-0.25, -0.2) is 9.37 Å². The molecule has 3 aromatic rings. The number of rotatable bonds is 2. The van der Waals surface area contributed by atoms with Crippen molar-refractivity contribution in [2.24, 2.45) is 0 Å². The molecule has 1 unspecified atom stereocenters. The van der Waals surface area contributed by atoms with Crippen molar-refractivity contribution in [2.75, 3.05) is 5.73 Å². The predicted molar refractivity (Wildman–Crippen MR) is 84.9 cm³/mol. The van der Waals surface area contributed by atoms with Gasteiger partial charge in [-0.05, 0) is 53.3 Å². The first kappa shape index (κ1) is 13.3. The van der Waals surface area contributed by atoms with E-state index in [-0.39, 0.29) is 11.9 Å². The fourth-order valence-corrected chi connectivity index (χ4v) is 2.76. The number of pyridine rings is 1. The van der Waals surface area contributed by atoms with E-state index in [0.717, 1.165) is 5.56 Å². The zero-order valence-electron chi connectivity index (χ0n) is 10.7. The second-order valence-corrected chi connectivity index (χ2v) is 5.71. The highest BCUT2D eigenvalue weighted by Gasteiger charge is 2.17. The molecule has 102 valence electrons. The lowest BCUT2D eigenvalue weighted by Gasteiger charge is -2.16. The average molecular weight is 382 g/mol. The Bertz CT molecular complexity index is 770. The van der Waals surface area contributed by atoms with Gasteiger partial charge in [-0.3, -0.25) is 4.98 Å². The SMILES string of the molecule is CC(c1ccncc1)n1c(N)nc2cc(I)c(F)cc21. The number of nitrogen functional groups attached to an aromatic ring is 1. The molecule has 0 spiro atoms. The molecule has 2 heterocycles. The molecule has 0 bridgehead atoms. The van der Waals surface area contributed by atoms with Crippen molar-refractivity contribution in [1.29, 1.82) is 0 Å². The fraction of sp³-hybridized carbons (Fsp3) is 0.143. The van der Waals surface area contributed by atoms with Gasteiger partial charge in [0.1, 0.15) is 5.82 Å². The summed E-state index contributed by atoms with van der Waals surface area (Å²) in [7, 11) is 0. The molecule has 0 saturated carbocycles. The standard InChI is InChI=1S/C14H12FIN4/c1-8(9-2-4-18-5-3-9)20-13-6-10(15)11(16)7-12(13)19-14(20)17/h2-8H,1H3,(H2,17,19). The van der Waals surface area contributed by atoms with Crippen LogP contribution in [0.4, 0.5) is 10.3 Å². The molecule has 1 aromatic carbocycles. The Morgan fingerprint density at radius 2 is 2.00 bits per heavy atom. The summed E-state index contributed by atoms with van der Waals surface area (Å²) in [6.45, 7) is 2.00. The third-order valence-electron chi connectivity index (χ3n) is 3.33. The van der Waals surface area contributed by atoms with Crippen molar-refractivity contribution in [1.82, 2.24) is 14.5 Å². The van der Waals surface area contributed by atoms with Crippen molar-refractivity contribution in [3.8, 4) is 0 Å². The molecule has 4 nitrogen and oxygen atoms in total. The summed E-state index contributed by atoms with van der Waals surface area (Å²) in [5.74, 6) is 0.117. The van der Waals surface area contributed by atoms with E-state index >= 15 is 0 Å². The smallest absolute Gasteiger partial charge is 0.201 e. The minimum absolute atomic E-state index is 0.0394. The van der Waals surface area contributed by atoms with Crippen LogP contribution in [0.3, 0.4) is 0 Å². The Morgan fingerprint density at radius 3 is 2.70 bits per heavy atom. The van der Waals surface area contributed by atoms with Gasteiger partial charge in [-0.1, -0.05) is 0 Å². The Labute approximate surface area is 129 Å². The largest absolute Gasteiger partial charge is 0.369 e. The van der Waals surface area contributed by atoms with Gasteiger partial charge in [0.05, 0.1) is 20.6 Å². The van der Waals surface area contributed by atoms with E-state index in [1.807, 2.05) is 46.2 Å². The number of hydrogen-bond donors (Lipinski definition) is 1. The van der Waals surface area contributed by atoms with E-state index in [1.165, 1.54) is 6.07 Å². The van der Waals surface area contributed by atoms with Gasteiger partial charge in [-0.2, -0.15) is 0 Å². The Kier molecular flexibility index (Phi) is 3.33. The summed E-state index contributed by atoms with van der Waals surface area (Å²) in [4.78, 5) is 8.32. The van der Waals surface area contributed by atoms with Crippen LogP contribution in [0.5, 0.6) is 0 Å². The first-order valence-corrected chi connectivity index (χ1v) is 7.18. The lowest BCUT2D eigenvalue weighted by molar-refractivity contribution is 0.618. The molecule has 0 aliphatic rings. The number of imidazole rings is 1.